The van der Waals surface area contributed by atoms with Crippen LogP contribution < -0.4 is 5.32 Å². The van der Waals surface area contributed by atoms with E-state index in [9.17, 15) is 4.79 Å². The fourth-order valence-electron chi connectivity index (χ4n) is 4.93. The smallest absolute Gasteiger partial charge is 0.222 e. The number of amides is 1. The van der Waals surface area contributed by atoms with Gasteiger partial charge in [0.1, 0.15) is 0 Å². The molecule has 0 bridgehead atoms. The van der Waals surface area contributed by atoms with Crippen LogP contribution in [0.5, 0.6) is 0 Å². The van der Waals surface area contributed by atoms with Gasteiger partial charge in [0.05, 0.1) is 12.5 Å². The molecule has 3 unspecified atom stereocenters. The fourth-order valence-corrected chi connectivity index (χ4v) is 4.93. The summed E-state index contributed by atoms with van der Waals surface area (Å²) < 4.78 is 2.14. The first-order chi connectivity index (χ1) is 13.3. The standard InChI is InChI=1S/C23H31N3O/c27-23(24-18-20-11-8-16-25-13-5-4-12-21(20)25)17-22(26-14-6-7-15-26)19-9-2-1-3-10-19/h1-3,6-7,9-10,14-15,20-22H,4-5,8,11-13,16-18H2,(H,24,27). The van der Waals surface area contributed by atoms with E-state index < -0.39 is 0 Å². The van der Waals surface area contributed by atoms with Gasteiger partial charge in [-0.3, -0.25) is 4.79 Å². The summed E-state index contributed by atoms with van der Waals surface area (Å²) in [4.78, 5) is 15.4. The Balaban J connectivity index is 1.37. The second-order valence-electron chi connectivity index (χ2n) is 8.07. The fraction of sp³-hybridized carbons (Fsp3) is 0.522. The van der Waals surface area contributed by atoms with E-state index in [1.165, 1.54) is 50.8 Å². The van der Waals surface area contributed by atoms with E-state index in [4.69, 9.17) is 0 Å². The molecule has 0 saturated carbocycles. The van der Waals surface area contributed by atoms with Crippen LogP contribution in [-0.4, -0.2) is 41.1 Å². The quantitative estimate of drug-likeness (QED) is 0.844. The molecule has 1 N–H and O–H groups in total. The van der Waals surface area contributed by atoms with E-state index in [-0.39, 0.29) is 11.9 Å². The van der Waals surface area contributed by atoms with Gasteiger partial charge in [0, 0.05) is 25.0 Å². The molecule has 1 amide bonds. The summed E-state index contributed by atoms with van der Waals surface area (Å²) in [6.07, 6.45) is 11.1. The molecule has 0 radical (unpaired) electrons. The SMILES string of the molecule is O=C(CC(c1ccccc1)n1cccc1)NCC1CCCN2CCCCC12. The van der Waals surface area contributed by atoms with Crippen molar-refractivity contribution in [1.29, 1.82) is 0 Å². The number of aromatic nitrogens is 1. The monoisotopic (exact) mass is 365 g/mol. The Bertz CT molecular complexity index is 710. The molecule has 1 aromatic heterocycles. The third-order valence-electron chi connectivity index (χ3n) is 6.34. The van der Waals surface area contributed by atoms with Gasteiger partial charge in [-0.15, -0.1) is 0 Å². The van der Waals surface area contributed by atoms with Crippen LogP contribution in [0.4, 0.5) is 0 Å². The molecule has 3 atom stereocenters. The highest BCUT2D eigenvalue weighted by Crippen LogP contribution is 2.30. The predicted octanol–water partition coefficient (Wildman–Crippen LogP) is 3.85. The van der Waals surface area contributed by atoms with Crippen molar-refractivity contribution < 1.29 is 4.79 Å². The molecule has 2 aliphatic rings. The van der Waals surface area contributed by atoms with Gasteiger partial charge in [0.15, 0.2) is 0 Å². The van der Waals surface area contributed by atoms with Crippen molar-refractivity contribution in [2.45, 2.75) is 50.6 Å². The predicted molar refractivity (Wildman–Crippen MR) is 109 cm³/mol. The summed E-state index contributed by atoms with van der Waals surface area (Å²) in [5.74, 6) is 0.773. The molecule has 2 aliphatic heterocycles. The van der Waals surface area contributed by atoms with Crippen molar-refractivity contribution in [3.05, 3.63) is 60.4 Å². The first kappa shape index (κ1) is 18.3. The number of carbonyl (C=O) groups excluding carboxylic acids is 1. The Morgan fingerprint density at radius 3 is 2.59 bits per heavy atom. The molecule has 2 saturated heterocycles. The maximum Gasteiger partial charge on any atom is 0.222 e. The largest absolute Gasteiger partial charge is 0.356 e. The molecule has 27 heavy (non-hydrogen) atoms. The van der Waals surface area contributed by atoms with E-state index in [1.807, 2.05) is 42.7 Å². The van der Waals surface area contributed by atoms with Crippen molar-refractivity contribution >= 4 is 5.91 Å². The number of piperidine rings is 2. The van der Waals surface area contributed by atoms with Crippen molar-refractivity contribution in [3.63, 3.8) is 0 Å². The Kier molecular flexibility index (Phi) is 5.93. The summed E-state index contributed by atoms with van der Waals surface area (Å²) in [6.45, 7) is 3.32. The van der Waals surface area contributed by atoms with Gasteiger partial charge < -0.3 is 14.8 Å². The van der Waals surface area contributed by atoms with E-state index in [0.29, 0.717) is 18.4 Å². The van der Waals surface area contributed by atoms with Gasteiger partial charge >= 0.3 is 0 Å². The first-order valence-electron chi connectivity index (χ1n) is 10.5. The number of benzene rings is 1. The topological polar surface area (TPSA) is 37.3 Å². The van der Waals surface area contributed by atoms with Crippen molar-refractivity contribution in [2.75, 3.05) is 19.6 Å². The Morgan fingerprint density at radius 1 is 1.00 bits per heavy atom. The van der Waals surface area contributed by atoms with Crippen LogP contribution in [0.2, 0.25) is 0 Å². The number of carbonyl (C=O) groups is 1. The van der Waals surface area contributed by atoms with Gasteiger partial charge in [0.2, 0.25) is 5.91 Å². The third-order valence-corrected chi connectivity index (χ3v) is 6.34. The second-order valence-corrected chi connectivity index (χ2v) is 8.07. The van der Waals surface area contributed by atoms with E-state index in [1.54, 1.807) is 0 Å². The zero-order chi connectivity index (χ0) is 18.5. The van der Waals surface area contributed by atoms with Crippen LogP contribution in [-0.2, 0) is 4.79 Å². The van der Waals surface area contributed by atoms with Crippen LogP contribution in [0.15, 0.2) is 54.9 Å². The normalized spacial score (nSPS) is 24.1. The van der Waals surface area contributed by atoms with Crippen LogP contribution in [0, 0.1) is 5.92 Å². The number of rotatable bonds is 6. The lowest BCUT2D eigenvalue weighted by molar-refractivity contribution is -0.122. The van der Waals surface area contributed by atoms with Gasteiger partial charge in [-0.1, -0.05) is 36.8 Å². The van der Waals surface area contributed by atoms with E-state index >= 15 is 0 Å². The van der Waals surface area contributed by atoms with Crippen LogP contribution in [0.3, 0.4) is 0 Å². The summed E-state index contributed by atoms with van der Waals surface area (Å²) in [5.41, 5.74) is 1.18. The van der Waals surface area contributed by atoms with E-state index in [2.05, 4.69) is 26.9 Å². The highest BCUT2D eigenvalue weighted by atomic mass is 16.1. The number of hydrogen-bond acceptors (Lipinski definition) is 2. The van der Waals surface area contributed by atoms with Crippen LogP contribution in [0.1, 0.15) is 50.1 Å². The lowest BCUT2D eigenvalue weighted by Gasteiger charge is -2.44. The maximum atomic E-state index is 12.8. The van der Waals surface area contributed by atoms with E-state index in [0.717, 1.165) is 6.54 Å². The molecule has 4 nitrogen and oxygen atoms in total. The molecule has 1 aromatic carbocycles. The van der Waals surface area contributed by atoms with Crippen molar-refractivity contribution in [2.24, 2.45) is 5.92 Å². The average Bonchev–Trinajstić information content (AvgIpc) is 3.25. The summed E-state index contributed by atoms with van der Waals surface area (Å²) in [7, 11) is 0. The first-order valence-corrected chi connectivity index (χ1v) is 10.5. The molecule has 4 rings (SSSR count). The second kappa shape index (κ2) is 8.75. The van der Waals surface area contributed by atoms with Gasteiger partial charge in [0.25, 0.3) is 0 Å². The molecule has 3 heterocycles. The van der Waals surface area contributed by atoms with Crippen molar-refractivity contribution in [1.82, 2.24) is 14.8 Å². The molecule has 0 spiro atoms. The zero-order valence-corrected chi connectivity index (χ0v) is 16.1. The number of nitrogens with zero attached hydrogens (tertiary/aromatic N) is 2. The highest BCUT2D eigenvalue weighted by molar-refractivity contribution is 5.76. The number of nitrogens with one attached hydrogen (secondary N) is 1. The Labute approximate surface area is 162 Å². The summed E-state index contributed by atoms with van der Waals surface area (Å²) >= 11 is 0. The van der Waals surface area contributed by atoms with Gasteiger partial charge in [-0.05, 0) is 62.4 Å². The average molecular weight is 366 g/mol. The third kappa shape index (κ3) is 4.44. The Hall–Kier alpha value is -2.07. The molecular weight excluding hydrogens is 334 g/mol. The summed E-state index contributed by atoms with van der Waals surface area (Å²) in [6, 6.07) is 15.1. The molecular formula is C23H31N3O. The van der Waals surface area contributed by atoms with Gasteiger partial charge in [-0.2, -0.15) is 0 Å². The minimum atomic E-state index is 0.0544. The molecule has 0 aliphatic carbocycles. The van der Waals surface area contributed by atoms with Crippen LogP contribution >= 0.6 is 0 Å². The molecule has 4 heteroatoms. The number of fused-ring (bicyclic) bond motifs is 1. The minimum Gasteiger partial charge on any atom is -0.356 e. The van der Waals surface area contributed by atoms with Crippen molar-refractivity contribution in [3.8, 4) is 0 Å². The number of hydrogen-bond donors (Lipinski definition) is 1. The van der Waals surface area contributed by atoms with Gasteiger partial charge in [-0.25, -0.2) is 0 Å². The molecule has 2 fully saturated rings. The maximum absolute atomic E-state index is 12.8. The zero-order valence-electron chi connectivity index (χ0n) is 16.1. The lowest BCUT2D eigenvalue weighted by Crippen LogP contribution is -2.51. The molecule has 2 aromatic rings. The summed E-state index contributed by atoms with van der Waals surface area (Å²) in [5, 5.41) is 3.27. The Morgan fingerprint density at radius 2 is 1.78 bits per heavy atom. The minimum absolute atomic E-state index is 0.0544. The molecule has 144 valence electrons. The van der Waals surface area contributed by atoms with Crippen LogP contribution in [0.25, 0.3) is 0 Å². The lowest BCUT2D eigenvalue weighted by atomic mass is 9.83. The highest BCUT2D eigenvalue weighted by Gasteiger charge is 2.33.